The van der Waals surface area contributed by atoms with Gasteiger partial charge in [-0.1, -0.05) is 40.6 Å². The largest absolute Gasteiger partial charge is 0.320 e. The number of nitrogens with zero attached hydrogens (tertiary/aromatic N) is 3. The van der Waals surface area contributed by atoms with E-state index in [-0.39, 0.29) is 5.91 Å². The van der Waals surface area contributed by atoms with Crippen LogP contribution in [-0.4, -0.2) is 20.9 Å². The molecule has 5 nitrogen and oxygen atoms in total. The molecule has 5 heteroatoms. The fraction of sp³-hybridized carbons (Fsp3) is 0.250. The number of aryl methyl sites for hydroxylation is 4. The SMILES string of the molecule is Cc1ccc(-n2nnc(C(=O)Nc3c(C)cc(C)cc3C)c2C)cc1. The quantitative estimate of drug-likeness (QED) is 0.786. The molecule has 1 aromatic heterocycles. The zero-order chi connectivity index (χ0) is 18.1. The molecule has 0 unspecified atom stereocenters. The van der Waals surface area contributed by atoms with Crippen LogP contribution in [0.2, 0.25) is 0 Å². The summed E-state index contributed by atoms with van der Waals surface area (Å²) in [6.45, 7) is 9.91. The molecule has 0 bridgehead atoms. The molecule has 0 radical (unpaired) electrons. The van der Waals surface area contributed by atoms with Gasteiger partial charge in [0.2, 0.25) is 0 Å². The van der Waals surface area contributed by atoms with Crippen molar-refractivity contribution >= 4 is 11.6 Å². The lowest BCUT2D eigenvalue weighted by molar-refractivity contribution is 0.102. The molecule has 128 valence electrons. The van der Waals surface area contributed by atoms with Crippen LogP contribution in [0.5, 0.6) is 0 Å². The summed E-state index contributed by atoms with van der Waals surface area (Å²) in [4.78, 5) is 12.7. The van der Waals surface area contributed by atoms with Gasteiger partial charge in [-0.05, 0) is 57.9 Å². The van der Waals surface area contributed by atoms with Crippen molar-refractivity contribution in [2.45, 2.75) is 34.6 Å². The first-order chi connectivity index (χ1) is 11.9. The van der Waals surface area contributed by atoms with Gasteiger partial charge in [0, 0.05) is 5.69 Å². The van der Waals surface area contributed by atoms with Crippen molar-refractivity contribution in [2.75, 3.05) is 5.32 Å². The Morgan fingerprint density at radius 2 is 1.52 bits per heavy atom. The first-order valence-corrected chi connectivity index (χ1v) is 8.25. The summed E-state index contributed by atoms with van der Waals surface area (Å²) in [5.41, 5.74) is 7.18. The average molecular weight is 334 g/mol. The summed E-state index contributed by atoms with van der Waals surface area (Å²) in [6, 6.07) is 12.1. The Morgan fingerprint density at radius 1 is 0.920 bits per heavy atom. The molecule has 2 aromatic carbocycles. The summed E-state index contributed by atoms with van der Waals surface area (Å²) in [5, 5.41) is 11.2. The highest BCUT2D eigenvalue weighted by Gasteiger charge is 2.19. The van der Waals surface area contributed by atoms with Crippen LogP contribution >= 0.6 is 0 Å². The molecular weight excluding hydrogens is 312 g/mol. The highest BCUT2D eigenvalue weighted by Crippen LogP contribution is 2.23. The highest BCUT2D eigenvalue weighted by atomic mass is 16.2. The number of rotatable bonds is 3. The molecule has 0 fully saturated rings. The molecule has 0 spiro atoms. The second-order valence-electron chi connectivity index (χ2n) is 6.50. The fourth-order valence-corrected chi connectivity index (χ4v) is 3.02. The predicted molar refractivity (Wildman–Crippen MR) is 99.4 cm³/mol. The fourth-order valence-electron chi connectivity index (χ4n) is 3.02. The number of aromatic nitrogens is 3. The summed E-state index contributed by atoms with van der Waals surface area (Å²) < 4.78 is 1.68. The molecule has 25 heavy (non-hydrogen) atoms. The molecule has 0 atom stereocenters. The Balaban J connectivity index is 1.90. The molecule has 0 aliphatic rings. The Labute approximate surface area is 147 Å². The Morgan fingerprint density at radius 3 is 2.12 bits per heavy atom. The number of carbonyl (C=O) groups excluding carboxylic acids is 1. The lowest BCUT2D eigenvalue weighted by atomic mass is 10.0. The van der Waals surface area contributed by atoms with E-state index in [1.165, 1.54) is 11.1 Å². The first kappa shape index (κ1) is 16.9. The van der Waals surface area contributed by atoms with E-state index in [2.05, 4.69) is 27.8 Å². The number of nitrogens with one attached hydrogen (secondary N) is 1. The third kappa shape index (κ3) is 3.31. The van der Waals surface area contributed by atoms with E-state index in [0.29, 0.717) is 11.4 Å². The van der Waals surface area contributed by atoms with Crippen LogP contribution in [0.4, 0.5) is 5.69 Å². The number of amides is 1. The first-order valence-electron chi connectivity index (χ1n) is 8.25. The molecule has 3 rings (SSSR count). The van der Waals surface area contributed by atoms with Crippen LogP contribution in [0.25, 0.3) is 5.69 Å². The van der Waals surface area contributed by atoms with Gasteiger partial charge >= 0.3 is 0 Å². The van der Waals surface area contributed by atoms with Crippen molar-refractivity contribution in [3.63, 3.8) is 0 Å². The highest BCUT2D eigenvalue weighted by molar-refractivity contribution is 6.04. The van der Waals surface area contributed by atoms with Gasteiger partial charge in [-0.3, -0.25) is 4.79 Å². The molecule has 1 amide bonds. The van der Waals surface area contributed by atoms with Crippen LogP contribution in [-0.2, 0) is 0 Å². The summed E-state index contributed by atoms with van der Waals surface area (Å²) in [7, 11) is 0. The van der Waals surface area contributed by atoms with E-state index in [1.54, 1.807) is 4.68 Å². The monoisotopic (exact) mass is 334 g/mol. The minimum absolute atomic E-state index is 0.245. The van der Waals surface area contributed by atoms with Gasteiger partial charge in [0.1, 0.15) is 0 Å². The molecule has 1 N–H and O–H groups in total. The maximum atomic E-state index is 12.7. The van der Waals surface area contributed by atoms with Crippen LogP contribution in [0.1, 0.15) is 38.4 Å². The second kappa shape index (κ2) is 6.51. The average Bonchev–Trinajstić information content (AvgIpc) is 2.93. The van der Waals surface area contributed by atoms with Gasteiger partial charge in [0.25, 0.3) is 5.91 Å². The molecule has 0 aliphatic heterocycles. The molecule has 3 aromatic rings. The Hall–Kier alpha value is -2.95. The van der Waals surface area contributed by atoms with Gasteiger partial charge in [0.15, 0.2) is 5.69 Å². The molecule has 0 saturated carbocycles. The molecular formula is C20H22N4O. The third-order valence-corrected chi connectivity index (χ3v) is 4.30. The molecule has 0 saturated heterocycles. The zero-order valence-electron chi connectivity index (χ0n) is 15.2. The summed E-state index contributed by atoms with van der Waals surface area (Å²) in [5.74, 6) is -0.245. The van der Waals surface area contributed by atoms with Crippen LogP contribution in [0.3, 0.4) is 0 Å². The van der Waals surface area contributed by atoms with Crippen molar-refractivity contribution in [3.05, 3.63) is 70.0 Å². The maximum absolute atomic E-state index is 12.7. The smallest absolute Gasteiger partial charge is 0.278 e. The van der Waals surface area contributed by atoms with Crippen molar-refractivity contribution < 1.29 is 4.79 Å². The van der Waals surface area contributed by atoms with E-state index in [9.17, 15) is 4.79 Å². The van der Waals surface area contributed by atoms with Crippen LogP contribution in [0.15, 0.2) is 36.4 Å². The standard InChI is InChI=1S/C20H22N4O/c1-12-6-8-17(9-7-12)24-16(5)19(22-23-24)20(25)21-18-14(3)10-13(2)11-15(18)4/h6-11H,1-5H3,(H,21,25). The lowest BCUT2D eigenvalue weighted by Gasteiger charge is -2.12. The number of benzene rings is 2. The minimum Gasteiger partial charge on any atom is -0.320 e. The van der Waals surface area contributed by atoms with Gasteiger partial charge in [0.05, 0.1) is 11.4 Å². The van der Waals surface area contributed by atoms with Crippen molar-refractivity contribution in [1.29, 1.82) is 0 Å². The van der Waals surface area contributed by atoms with E-state index in [0.717, 1.165) is 22.5 Å². The van der Waals surface area contributed by atoms with Gasteiger partial charge < -0.3 is 5.32 Å². The maximum Gasteiger partial charge on any atom is 0.278 e. The van der Waals surface area contributed by atoms with Crippen molar-refractivity contribution in [1.82, 2.24) is 15.0 Å². The number of carbonyl (C=O) groups is 1. The number of hydrogen-bond acceptors (Lipinski definition) is 3. The normalized spacial score (nSPS) is 10.8. The van der Waals surface area contributed by atoms with Crippen molar-refractivity contribution in [2.24, 2.45) is 0 Å². The van der Waals surface area contributed by atoms with Crippen molar-refractivity contribution in [3.8, 4) is 5.69 Å². The van der Waals surface area contributed by atoms with Gasteiger partial charge in [-0.15, -0.1) is 5.10 Å². The van der Waals surface area contributed by atoms with E-state index in [4.69, 9.17) is 0 Å². The predicted octanol–water partition coefficient (Wildman–Crippen LogP) is 4.06. The Kier molecular flexibility index (Phi) is 4.40. The lowest BCUT2D eigenvalue weighted by Crippen LogP contribution is -2.16. The summed E-state index contributed by atoms with van der Waals surface area (Å²) in [6.07, 6.45) is 0. The topological polar surface area (TPSA) is 59.8 Å². The second-order valence-corrected chi connectivity index (χ2v) is 6.50. The zero-order valence-corrected chi connectivity index (χ0v) is 15.2. The summed E-state index contributed by atoms with van der Waals surface area (Å²) >= 11 is 0. The molecule has 0 aliphatic carbocycles. The van der Waals surface area contributed by atoms with Gasteiger partial charge in [-0.2, -0.15) is 0 Å². The van der Waals surface area contributed by atoms with E-state index >= 15 is 0 Å². The Bertz CT molecular complexity index is 916. The van der Waals surface area contributed by atoms with E-state index in [1.807, 2.05) is 58.9 Å². The minimum atomic E-state index is -0.245. The third-order valence-electron chi connectivity index (χ3n) is 4.30. The van der Waals surface area contributed by atoms with E-state index < -0.39 is 0 Å². The molecule has 1 heterocycles. The number of anilines is 1. The number of hydrogen-bond donors (Lipinski definition) is 1. The van der Waals surface area contributed by atoms with Gasteiger partial charge in [-0.25, -0.2) is 4.68 Å². The van der Waals surface area contributed by atoms with Crippen LogP contribution < -0.4 is 5.32 Å². The van der Waals surface area contributed by atoms with Crippen LogP contribution in [0, 0.1) is 34.6 Å².